The number of carbonyl (C=O) groups excluding carboxylic acids is 1. The zero-order valence-corrected chi connectivity index (χ0v) is 21.9. The van der Waals surface area contributed by atoms with Gasteiger partial charge in [0.15, 0.2) is 0 Å². The second-order valence-electron chi connectivity index (χ2n) is 9.74. The lowest BCUT2D eigenvalue weighted by molar-refractivity contribution is 0.102. The molecular formula is C29H34N4O3S. The number of nitrogens with one attached hydrogen (secondary N) is 1. The van der Waals surface area contributed by atoms with Crippen LogP contribution in [-0.2, 0) is 16.6 Å². The molecule has 3 aromatic rings. The number of anilines is 2. The lowest BCUT2D eigenvalue weighted by Crippen LogP contribution is -2.48. The molecule has 0 bridgehead atoms. The first-order valence-electron chi connectivity index (χ1n) is 13.0. The van der Waals surface area contributed by atoms with Crippen molar-refractivity contribution < 1.29 is 13.2 Å². The van der Waals surface area contributed by atoms with Crippen LogP contribution < -0.4 is 10.2 Å². The molecule has 2 aliphatic heterocycles. The van der Waals surface area contributed by atoms with Gasteiger partial charge in [-0.15, -0.1) is 0 Å². The van der Waals surface area contributed by atoms with Crippen molar-refractivity contribution >= 4 is 27.3 Å². The molecule has 0 spiro atoms. The van der Waals surface area contributed by atoms with Gasteiger partial charge >= 0.3 is 0 Å². The number of carbonyl (C=O) groups is 1. The van der Waals surface area contributed by atoms with Crippen molar-refractivity contribution in [3.63, 3.8) is 0 Å². The molecule has 0 aromatic heterocycles. The van der Waals surface area contributed by atoms with E-state index >= 15 is 0 Å². The molecule has 2 heterocycles. The van der Waals surface area contributed by atoms with Crippen LogP contribution in [0, 0.1) is 0 Å². The lowest BCUT2D eigenvalue weighted by atomic mass is 10.1. The van der Waals surface area contributed by atoms with Crippen molar-refractivity contribution in [2.24, 2.45) is 0 Å². The lowest BCUT2D eigenvalue weighted by Gasteiger charge is -2.34. The molecule has 2 aliphatic rings. The van der Waals surface area contributed by atoms with Gasteiger partial charge in [-0.1, -0.05) is 30.3 Å². The van der Waals surface area contributed by atoms with Gasteiger partial charge in [0.05, 0.1) is 4.90 Å². The van der Waals surface area contributed by atoms with Gasteiger partial charge in [0.2, 0.25) is 10.0 Å². The number of sulfonamides is 1. The van der Waals surface area contributed by atoms with E-state index in [1.165, 1.54) is 24.9 Å². The number of benzene rings is 3. The van der Waals surface area contributed by atoms with Gasteiger partial charge in [0.25, 0.3) is 5.91 Å². The first-order valence-corrected chi connectivity index (χ1v) is 14.5. The molecule has 0 radical (unpaired) electrons. The van der Waals surface area contributed by atoms with Gasteiger partial charge in [0, 0.05) is 62.8 Å². The fraction of sp³-hybridized carbons (Fsp3) is 0.345. The Balaban J connectivity index is 1.11. The highest BCUT2D eigenvalue weighted by atomic mass is 32.2. The van der Waals surface area contributed by atoms with Crippen molar-refractivity contribution in [1.82, 2.24) is 9.21 Å². The van der Waals surface area contributed by atoms with Crippen LogP contribution in [0.2, 0.25) is 0 Å². The Hall–Kier alpha value is -3.20. The van der Waals surface area contributed by atoms with Crippen LogP contribution in [0.5, 0.6) is 0 Å². The zero-order valence-electron chi connectivity index (χ0n) is 21.1. The topological polar surface area (TPSA) is 73.0 Å². The predicted octanol–water partition coefficient (Wildman–Crippen LogP) is 4.44. The van der Waals surface area contributed by atoms with Crippen LogP contribution in [0.15, 0.2) is 83.8 Å². The first kappa shape index (κ1) is 25.4. The molecule has 2 fully saturated rings. The van der Waals surface area contributed by atoms with Crippen LogP contribution in [0.3, 0.4) is 0 Å². The third kappa shape index (κ3) is 6.21. The van der Waals surface area contributed by atoms with E-state index in [0.717, 1.165) is 30.9 Å². The monoisotopic (exact) mass is 518 g/mol. The van der Waals surface area contributed by atoms with Crippen LogP contribution in [0.1, 0.15) is 35.2 Å². The molecule has 194 valence electrons. The molecule has 37 heavy (non-hydrogen) atoms. The average Bonchev–Trinajstić information content (AvgIpc) is 2.95. The fourth-order valence-corrected chi connectivity index (χ4v) is 6.44. The Labute approximate surface area is 219 Å². The highest BCUT2D eigenvalue weighted by molar-refractivity contribution is 7.89. The Kier molecular flexibility index (Phi) is 7.88. The largest absolute Gasteiger partial charge is 0.372 e. The Morgan fingerprint density at radius 3 is 2.03 bits per heavy atom. The van der Waals surface area contributed by atoms with Gasteiger partial charge < -0.3 is 10.2 Å². The number of piperazine rings is 1. The summed E-state index contributed by atoms with van der Waals surface area (Å²) in [6.07, 6.45) is 3.78. The van der Waals surface area contributed by atoms with Gasteiger partial charge in [0.1, 0.15) is 0 Å². The van der Waals surface area contributed by atoms with Crippen molar-refractivity contribution in [2.45, 2.75) is 30.7 Å². The van der Waals surface area contributed by atoms with E-state index in [1.807, 2.05) is 42.5 Å². The molecule has 3 aromatic carbocycles. The van der Waals surface area contributed by atoms with Gasteiger partial charge in [-0.25, -0.2) is 8.42 Å². The molecule has 0 aliphatic carbocycles. The summed E-state index contributed by atoms with van der Waals surface area (Å²) >= 11 is 0. The molecule has 0 saturated carbocycles. The molecule has 8 heteroatoms. The first-order chi connectivity index (χ1) is 18.0. The summed E-state index contributed by atoms with van der Waals surface area (Å²) in [5.74, 6) is -0.128. The smallest absolute Gasteiger partial charge is 0.255 e. The van der Waals surface area contributed by atoms with E-state index in [9.17, 15) is 13.2 Å². The van der Waals surface area contributed by atoms with E-state index in [2.05, 4.69) is 27.2 Å². The summed E-state index contributed by atoms with van der Waals surface area (Å²) in [5, 5.41) is 2.99. The highest BCUT2D eigenvalue weighted by Crippen LogP contribution is 2.22. The van der Waals surface area contributed by atoms with Crippen molar-refractivity contribution in [2.75, 3.05) is 49.5 Å². The van der Waals surface area contributed by atoms with Crippen LogP contribution in [-0.4, -0.2) is 62.8 Å². The van der Waals surface area contributed by atoms with Crippen LogP contribution >= 0.6 is 0 Å². The van der Waals surface area contributed by atoms with Gasteiger partial charge in [-0.2, -0.15) is 4.31 Å². The second-order valence-corrected chi connectivity index (χ2v) is 11.7. The van der Waals surface area contributed by atoms with Gasteiger partial charge in [-0.05, 0) is 73.4 Å². The third-order valence-corrected chi connectivity index (χ3v) is 9.09. The summed E-state index contributed by atoms with van der Waals surface area (Å²) in [4.78, 5) is 17.7. The van der Waals surface area contributed by atoms with Gasteiger partial charge in [-0.3, -0.25) is 9.69 Å². The average molecular weight is 519 g/mol. The van der Waals surface area contributed by atoms with E-state index in [1.54, 1.807) is 28.6 Å². The highest BCUT2D eigenvalue weighted by Gasteiger charge is 2.28. The van der Waals surface area contributed by atoms with Crippen molar-refractivity contribution in [3.8, 4) is 0 Å². The predicted molar refractivity (Wildman–Crippen MR) is 147 cm³/mol. The van der Waals surface area contributed by atoms with E-state index in [0.29, 0.717) is 36.6 Å². The van der Waals surface area contributed by atoms with Crippen molar-refractivity contribution in [1.29, 1.82) is 0 Å². The summed E-state index contributed by atoms with van der Waals surface area (Å²) in [6, 6.07) is 24.3. The maximum absolute atomic E-state index is 12.8. The molecule has 2 saturated heterocycles. The summed E-state index contributed by atoms with van der Waals surface area (Å²) in [7, 11) is -3.45. The number of rotatable bonds is 7. The SMILES string of the molecule is O=C(Nc1ccc(N2CCCCC2)cc1)c1ccc(CN2CCN(S(=O)(=O)c3ccccc3)CC2)cc1. The summed E-state index contributed by atoms with van der Waals surface area (Å²) < 4.78 is 27.2. The minimum atomic E-state index is -3.45. The number of amides is 1. The van der Waals surface area contributed by atoms with E-state index in [-0.39, 0.29) is 5.91 Å². The number of nitrogens with zero attached hydrogens (tertiary/aromatic N) is 3. The summed E-state index contributed by atoms with van der Waals surface area (Å²) in [5.41, 5.74) is 3.71. The van der Waals surface area contributed by atoms with Crippen LogP contribution in [0.25, 0.3) is 0 Å². The summed E-state index contributed by atoms with van der Waals surface area (Å²) in [6.45, 7) is 5.19. The molecule has 0 unspecified atom stereocenters. The quantitative estimate of drug-likeness (QED) is 0.501. The maximum atomic E-state index is 12.8. The number of piperidine rings is 1. The Morgan fingerprint density at radius 2 is 1.38 bits per heavy atom. The van der Waals surface area contributed by atoms with E-state index < -0.39 is 10.0 Å². The standard InChI is InChI=1S/C29H34N4O3S/c34-29(30-26-13-15-27(16-14-26)32-17-5-2-6-18-32)25-11-9-24(10-12-25)23-31-19-21-33(22-20-31)37(35,36)28-7-3-1-4-8-28/h1,3-4,7-16H,2,5-6,17-23H2,(H,30,34). The second kappa shape index (κ2) is 11.5. The third-order valence-electron chi connectivity index (χ3n) is 7.18. The molecule has 1 N–H and O–H groups in total. The van der Waals surface area contributed by atoms with E-state index in [4.69, 9.17) is 0 Å². The fourth-order valence-electron chi connectivity index (χ4n) is 5.00. The minimum Gasteiger partial charge on any atom is -0.372 e. The molecule has 1 amide bonds. The minimum absolute atomic E-state index is 0.128. The Morgan fingerprint density at radius 1 is 0.730 bits per heavy atom. The maximum Gasteiger partial charge on any atom is 0.255 e. The molecule has 7 nitrogen and oxygen atoms in total. The molecule has 0 atom stereocenters. The number of hydrogen-bond donors (Lipinski definition) is 1. The normalized spacial score (nSPS) is 17.5. The molecule has 5 rings (SSSR count). The number of hydrogen-bond acceptors (Lipinski definition) is 5. The van der Waals surface area contributed by atoms with Crippen molar-refractivity contribution in [3.05, 3.63) is 90.0 Å². The zero-order chi connectivity index (χ0) is 25.7. The molecular weight excluding hydrogens is 484 g/mol. The van der Waals surface area contributed by atoms with Crippen LogP contribution in [0.4, 0.5) is 11.4 Å². The Bertz CT molecular complexity index is 1280.